The van der Waals surface area contributed by atoms with Gasteiger partial charge in [0.25, 0.3) is 5.91 Å². The molecule has 34 heavy (non-hydrogen) atoms. The number of methoxy groups -OCH3 is 2. The standard InChI is InChI=1S/C25H26N4O5/c1-4-26-25(31)29-11-8-16-13-17(5-6-21(16)29)34-22-7-9-27-20-15-23(33-3)19(14-18(20)22)24(30)28-10-12-32-2/h5-9,11,13-15H,4,10,12H2,1-3H3,(H,26,31)(H,28,30). The summed E-state index contributed by atoms with van der Waals surface area (Å²) in [5, 5.41) is 7.13. The van der Waals surface area contributed by atoms with E-state index in [0.717, 1.165) is 10.9 Å². The van der Waals surface area contributed by atoms with E-state index in [0.29, 0.717) is 53.4 Å². The molecule has 0 spiro atoms. The molecule has 0 atom stereocenters. The van der Waals surface area contributed by atoms with E-state index < -0.39 is 0 Å². The molecule has 0 aliphatic rings. The molecule has 0 aliphatic carbocycles. The summed E-state index contributed by atoms with van der Waals surface area (Å²) >= 11 is 0. The molecule has 2 heterocycles. The number of nitrogens with one attached hydrogen (secondary N) is 2. The van der Waals surface area contributed by atoms with E-state index in [2.05, 4.69) is 15.6 Å². The molecule has 0 saturated heterocycles. The van der Waals surface area contributed by atoms with Crippen LogP contribution in [0.2, 0.25) is 0 Å². The SMILES string of the molecule is CCNC(=O)n1ccc2cc(Oc3ccnc4cc(OC)c(C(=O)NCCOC)cc34)ccc21. The lowest BCUT2D eigenvalue weighted by atomic mass is 10.1. The van der Waals surface area contributed by atoms with Crippen LogP contribution in [0, 0.1) is 0 Å². The number of rotatable bonds is 8. The number of benzene rings is 2. The Morgan fingerprint density at radius 2 is 1.88 bits per heavy atom. The highest BCUT2D eigenvalue weighted by atomic mass is 16.5. The number of hydrogen-bond acceptors (Lipinski definition) is 6. The van der Waals surface area contributed by atoms with Crippen LogP contribution in [0.15, 0.2) is 54.9 Å². The van der Waals surface area contributed by atoms with Gasteiger partial charge >= 0.3 is 6.03 Å². The van der Waals surface area contributed by atoms with E-state index in [1.807, 2.05) is 25.1 Å². The highest BCUT2D eigenvalue weighted by Crippen LogP contribution is 2.34. The van der Waals surface area contributed by atoms with Crippen molar-refractivity contribution < 1.29 is 23.8 Å². The zero-order valence-corrected chi connectivity index (χ0v) is 19.3. The summed E-state index contributed by atoms with van der Waals surface area (Å²) in [6.45, 7) is 3.20. The van der Waals surface area contributed by atoms with E-state index in [4.69, 9.17) is 14.2 Å². The minimum Gasteiger partial charge on any atom is -0.496 e. The number of carbonyl (C=O) groups is 2. The molecule has 2 aromatic carbocycles. The third kappa shape index (κ3) is 4.65. The van der Waals surface area contributed by atoms with Gasteiger partial charge < -0.3 is 24.8 Å². The van der Waals surface area contributed by atoms with Crippen LogP contribution in [0.5, 0.6) is 17.2 Å². The van der Waals surface area contributed by atoms with Crippen molar-refractivity contribution in [2.45, 2.75) is 6.92 Å². The first-order valence-corrected chi connectivity index (χ1v) is 10.9. The summed E-state index contributed by atoms with van der Waals surface area (Å²) in [4.78, 5) is 29.3. The zero-order chi connectivity index (χ0) is 24.1. The maximum atomic E-state index is 12.7. The summed E-state index contributed by atoms with van der Waals surface area (Å²) in [6.07, 6.45) is 3.36. The summed E-state index contributed by atoms with van der Waals surface area (Å²) in [5.41, 5.74) is 1.78. The smallest absolute Gasteiger partial charge is 0.326 e. The summed E-state index contributed by atoms with van der Waals surface area (Å²) < 4.78 is 18.2. The summed E-state index contributed by atoms with van der Waals surface area (Å²) in [5.74, 6) is 1.27. The van der Waals surface area contributed by atoms with Crippen LogP contribution >= 0.6 is 0 Å². The molecule has 2 amide bonds. The molecule has 4 rings (SSSR count). The number of pyridine rings is 1. The Kier molecular flexibility index (Phi) is 6.93. The zero-order valence-electron chi connectivity index (χ0n) is 19.3. The van der Waals surface area contributed by atoms with E-state index in [-0.39, 0.29) is 11.9 Å². The normalized spacial score (nSPS) is 10.9. The maximum absolute atomic E-state index is 12.7. The van der Waals surface area contributed by atoms with E-state index >= 15 is 0 Å². The van der Waals surface area contributed by atoms with Crippen molar-refractivity contribution >= 4 is 33.7 Å². The monoisotopic (exact) mass is 462 g/mol. The van der Waals surface area contributed by atoms with Crippen molar-refractivity contribution in [2.75, 3.05) is 33.9 Å². The summed E-state index contributed by atoms with van der Waals surface area (Å²) in [7, 11) is 3.08. The van der Waals surface area contributed by atoms with Crippen molar-refractivity contribution in [3.05, 3.63) is 60.4 Å². The van der Waals surface area contributed by atoms with Gasteiger partial charge in [-0.3, -0.25) is 14.3 Å². The van der Waals surface area contributed by atoms with Gasteiger partial charge in [0.1, 0.15) is 17.2 Å². The van der Waals surface area contributed by atoms with Gasteiger partial charge in [0.15, 0.2) is 0 Å². The minimum absolute atomic E-state index is 0.184. The molecular formula is C25H26N4O5. The van der Waals surface area contributed by atoms with Gasteiger partial charge in [0.05, 0.1) is 30.3 Å². The molecule has 9 heteroatoms. The van der Waals surface area contributed by atoms with Gasteiger partial charge in [-0.1, -0.05) is 0 Å². The third-order valence-corrected chi connectivity index (χ3v) is 5.30. The summed E-state index contributed by atoms with van der Waals surface area (Å²) in [6, 6.07) is 12.3. The largest absolute Gasteiger partial charge is 0.496 e. The van der Waals surface area contributed by atoms with Crippen LogP contribution in [0.4, 0.5) is 4.79 Å². The first kappa shape index (κ1) is 23.1. The molecule has 0 unspecified atom stereocenters. The molecule has 9 nitrogen and oxygen atoms in total. The second-order valence-electron chi connectivity index (χ2n) is 7.47. The molecule has 2 N–H and O–H groups in total. The number of aromatic nitrogens is 2. The lowest BCUT2D eigenvalue weighted by Gasteiger charge is -2.13. The van der Waals surface area contributed by atoms with Crippen LogP contribution in [0.1, 0.15) is 17.3 Å². The number of fused-ring (bicyclic) bond motifs is 2. The van der Waals surface area contributed by atoms with E-state index in [9.17, 15) is 9.59 Å². The van der Waals surface area contributed by atoms with Crippen LogP contribution in [-0.2, 0) is 4.74 Å². The fraction of sp³-hybridized carbons (Fsp3) is 0.240. The van der Waals surface area contributed by atoms with Crippen LogP contribution < -0.4 is 20.1 Å². The lowest BCUT2D eigenvalue weighted by molar-refractivity contribution is 0.0934. The molecular weight excluding hydrogens is 436 g/mol. The van der Waals surface area contributed by atoms with E-state index in [1.165, 1.54) is 7.11 Å². The quantitative estimate of drug-likeness (QED) is 0.385. The maximum Gasteiger partial charge on any atom is 0.326 e. The predicted octanol–water partition coefficient (Wildman–Crippen LogP) is 3.94. The van der Waals surface area contributed by atoms with Crippen LogP contribution in [0.3, 0.4) is 0 Å². The molecule has 2 aromatic heterocycles. The minimum atomic E-state index is -0.279. The lowest BCUT2D eigenvalue weighted by Crippen LogP contribution is -2.27. The van der Waals surface area contributed by atoms with Crippen molar-refractivity contribution in [3.63, 3.8) is 0 Å². The van der Waals surface area contributed by atoms with Crippen molar-refractivity contribution in [3.8, 4) is 17.2 Å². The molecule has 0 radical (unpaired) electrons. The van der Waals surface area contributed by atoms with Crippen LogP contribution in [-0.4, -0.2) is 55.4 Å². The number of ether oxygens (including phenoxy) is 3. The van der Waals surface area contributed by atoms with Gasteiger partial charge in [-0.15, -0.1) is 0 Å². The molecule has 0 saturated carbocycles. The van der Waals surface area contributed by atoms with Gasteiger partial charge in [0.2, 0.25) is 0 Å². The molecule has 4 aromatic rings. The Bertz CT molecular complexity index is 1350. The Labute approximate surface area is 196 Å². The number of nitrogens with zero attached hydrogens (tertiary/aromatic N) is 2. The average molecular weight is 463 g/mol. The Balaban J connectivity index is 1.67. The number of hydrogen-bond donors (Lipinski definition) is 2. The van der Waals surface area contributed by atoms with Gasteiger partial charge in [0, 0.05) is 49.4 Å². The Morgan fingerprint density at radius 1 is 1.03 bits per heavy atom. The van der Waals surface area contributed by atoms with Crippen molar-refractivity contribution in [1.29, 1.82) is 0 Å². The first-order valence-electron chi connectivity index (χ1n) is 10.9. The first-order chi connectivity index (χ1) is 16.5. The molecule has 0 fully saturated rings. The second kappa shape index (κ2) is 10.2. The average Bonchev–Trinajstić information content (AvgIpc) is 3.27. The van der Waals surface area contributed by atoms with Gasteiger partial charge in [-0.2, -0.15) is 0 Å². The van der Waals surface area contributed by atoms with Crippen LogP contribution in [0.25, 0.3) is 21.8 Å². The third-order valence-electron chi connectivity index (χ3n) is 5.30. The highest BCUT2D eigenvalue weighted by Gasteiger charge is 2.17. The fourth-order valence-corrected chi connectivity index (χ4v) is 3.67. The number of amides is 2. The van der Waals surface area contributed by atoms with Gasteiger partial charge in [-0.25, -0.2) is 4.79 Å². The van der Waals surface area contributed by atoms with Gasteiger partial charge in [-0.05, 0) is 43.3 Å². The number of carbonyl (C=O) groups excluding carboxylic acids is 2. The highest BCUT2D eigenvalue weighted by molar-refractivity contribution is 6.02. The van der Waals surface area contributed by atoms with Crippen molar-refractivity contribution in [1.82, 2.24) is 20.2 Å². The fourth-order valence-electron chi connectivity index (χ4n) is 3.67. The Hall–Kier alpha value is -4.11. The predicted molar refractivity (Wildman–Crippen MR) is 129 cm³/mol. The molecule has 0 aliphatic heterocycles. The van der Waals surface area contributed by atoms with Crippen molar-refractivity contribution in [2.24, 2.45) is 0 Å². The molecule has 176 valence electrons. The van der Waals surface area contributed by atoms with E-state index in [1.54, 1.807) is 48.3 Å². The second-order valence-corrected chi connectivity index (χ2v) is 7.47. The molecule has 0 bridgehead atoms. The Morgan fingerprint density at radius 3 is 2.65 bits per heavy atom. The topological polar surface area (TPSA) is 104 Å².